The summed E-state index contributed by atoms with van der Waals surface area (Å²) in [7, 11) is 0. The van der Waals surface area contributed by atoms with Crippen LogP contribution in [0.25, 0.3) is 0 Å². The van der Waals surface area contributed by atoms with Gasteiger partial charge in [-0.2, -0.15) is 0 Å². The number of amides is 1. The lowest BCUT2D eigenvalue weighted by Gasteiger charge is -2.21. The zero-order valence-corrected chi connectivity index (χ0v) is 9.69. The van der Waals surface area contributed by atoms with Gasteiger partial charge in [0.1, 0.15) is 0 Å². The van der Waals surface area contributed by atoms with E-state index in [1.54, 1.807) is 0 Å². The number of carbonyl (C=O) groups is 1. The predicted molar refractivity (Wildman–Crippen MR) is 57.4 cm³/mol. The number of carbonyl (C=O) groups excluding carboxylic acids is 1. The van der Waals surface area contributed by atoms with Gasteiger partial charge in [-0.05, 0) is 19.3 Å². The van der Waals surface area contributed by atoms with Crippen LogP contribution in [0.1, 0.15) is 27.2 Å². The molecule has 1 aliphatic heterocycles. The quantitative estimate of drug-likeness (QED) is 0.720. The van der Waals surface area contributed by atoms with Crippen molar-refractivity contribution in [2.24, 2.45) is 11.8 Å². The largest absolute Gasteiger partial charge is 0.394 e. The lowest BCUT2D eigenvalue weighted by atomic mass is 10.0. The highest BCUT2D eigenvalue weighted by atomic mass is 16.5. The maximum atomic E-state index is 11.8. The number of ether oxygens (including phenoxy) is 1. The van der Waals surface area contributed by atoms with Crippen molar-refractivity contribution < 1.29 is 14.6 Å². The Labute approximate surface area is 91.0 Å². The number of aliphatic hydroxyl groups excluding tert-OH is 1. The van der Waals surface area contributed by atoms with Gasteiger partial charge >= 0.3 is 0 Å². The maximum absolute atomic E-state index is 11.8. The Bertz CT molecular complexity index is 218. The van der Waals surface area contributed by atoms with Crippen LogP contribution in [0.4, 0.5) is 0 Å². The molecule has 4 heteroatoms. The summed E-state index contributed by atoms with van der Waals surface area (Å²) in [5.41, 5.74) is 0. The molecule has 88 valence electrons. The van der Waals surface area contributed by atoms with E-state index in [1.165, 1.54) is 0 Å². The third-order valence-corrected chi connectivity index (χ3v) is 2.90. The van der Waals surface area contributed by atoms with Crippen molar-refractivity contribution in [1.82, 2.24) is 5.32 Å². The van der Waals surface area contributed by atoms with Crippen LogP contribution >= 0.6 is 0 Å². The fourth-order valence-electron chi connectivity index (χ4n) is 1.72. The Morgan fingerprint density at radius 2 is 2.27 bits per heavy atom. The first-order valence-corrected chi connectivity index (χ1v) is 5.57. The average Bonchev–Trinajstić information content (AvgIpc) is 2.60. The molecule has 0 radical (unpaired) electrons. The van der Waals surface area contributed by atoms with Crippen LogP contribution in [0, 0.1) is 11.8 Å². The van der Waals surface area contributed by atoms with E-state index in [9.17, 15) is 4.79 Å². The maximum Gasteiger partial charge on any atom is 0.225 e. The molecule has 0 saturated carbocycles. The van der Waals surface area contributed by atoms with Gasteiger partial charge in [0.2, 0.25) is 5.91 Å². The van der Waals surface area contributed by atoms with Crippen molar-refractivity contribution in [3.8, 4) is 0 Å². The zero-order valence-electron chi connectivity index (χ0n) is 9.69. The van der Waals surface area contributed by atoms with E-state index in [2.05, 4.69) is 5.32 Å². The van der Waals surface area contributed by atoms with Gasteiger partial charge in [0.25, 0.3) is 0 Å². The second-order valence-corrected chi connectivity index (χ2v) is 4.62. The first-order chi connectivity index (χ1) is 7.04. The molecule has 0 aliphatic carbocycles. The van der Waals surface area contributed by atoms with Crippen molar-refractivity contribution >= 4 is 5.91 Å². The standard InChI is InChI=1S/C11H21NO3/c1-7(2)10(5-13)12-11(14)9-4-8(3)15-6-9/h7-10,13H,4-6H2,1-3H3,(H,12,14). The summed E-state index contributed by atoms with van der Waals surface area (Å²) in [5.74, 6) is 0.207. The van der Waals surface area contributed by atoms with Crippen molar-refractivity contribution in [2.75, 3.05) is 13.2 Å². The van der Waals surface area contributed by atoms with E-state index in [1.807, 2.05) is 20.8 Å². The van der Waals surface area contributed by atoms with Gasteiger partial charge in [-0.25, -0.2) is 0 Å². The summed E-state index contributed by atoms with van der Waals surface area (Å²) in [6.07, 6.45) is 0.953. The molecular weight excluding hydrogens is 194 g/mol. The van der Waals surface area contributed by atoms with Crippen LogP contribution in [0.3, 0.4) is 0 Å². The molecule has 1 saturated heterocycles. The van der Waals surface area contributed by atoms with E-state index in [4.69, 9.17) is 9.84 Å². The number of nitrogens with one attached hydrogen (secondary N) is 1. The summed E-state index contributed by atoms with van der Waals surface area (Å²) >= 11 is 0. The van der Waals surface area contributed by atoms with E-state index in [-0.39, 0.29) is 36.5 Å². The van der Waals surface area contributed by atoms with Crippen LogP contribution in [-0.2, 0) is 9.53 Å². The van der Waals surface area contributed by atoms with Crippen molar-refractivity contribution in [2.45, 2.75) is 39.3 Å². The molecular formula is C11H21NO3. The Morgan fingerprint density at radius 1 is 1.60 bits per heavy atom. The molecule has 1 heterocycles. The molecule has 1 rings (SSSR count). The first-order valence-electron chi connectivity index (χ1n) is 5.57. The molecule has 3 atom stereocenters. The first kappa shape index (κ1) is 12.5. The van der Waals surface area contributed by atoms with Crippen LogP contribution in [0.2, 0.25) is 0 Å². The van der Waals surface area contributed by atoms with E-state index in [0.29, 0.717) is 6.61 Å². The lowest BCUT2D eigenvalue weighted by molar-refractivity contribution is -0.126. The summed E-state index contributed by atoms with van der Waals surface area (Å²) < 4.78 is 5.34. The number of hydrogen-bond acceptors (Lipinski definition) is 3. The minimum Gasteiger partial charge on any atom is -0.394 e. The average molecular weight is 215 g/mol. The highest BCUT2D eigenvalue weighted by Gasteiger charge is 2.29. The molecule has 1 aliphatic rings. The fraction of sp³-hybridized carbons (Fsp3) is 0.909. The second kappa shape index (κ2) is 5.47. The zero-order chi connectivity index (χ0) is 11.4. The van der Waals surface area contributed by atoms with Gasteiger partial charge in [-0.15, -0.1) is 0 Å². The van der Waals surface area contributed by atoms with Crippen molar-refractivity contribution in [3.63, 3.8) is 0 Å². The molecule has 1 fully saturated rings. The van der Waals surface area contributed by atoms with Crippen molar-refractivity contribution in [1.29, 1.82) is 0 Å². The third-order valence-electron chi connectivity index (χ3n) is 2.90. The van der Waals surface area contributed by atoms with Gasteiger partial charge in [0, 0.05) is 0 Å². The van der Waals surface area contributed by atoms with Crippen LogP contribution in [-0.4, -0.2) is 36.4 Å². The van der Waals surface area contributed by atoms with E-state index in [0.717, 1.165) is 6.42 Å². The summed E-state index contributed by atoms with van der Waals surface area (Å²) in [4.78, 5) is 11.8. The summed E-state index contributed by atoms with van der Waals surface area (Å²) in [6.45, 7) is 6.43. The fourth-order valence-corrected chi connectivity index (χ4v) is 1.72. The molecule has 15 heavy (non-hydrogen) atoms. The van der Waals surface area contributed by atoms with Crippen LogP contribution in [0.5, 0.6) is 0 Å². The molecule has 1 amide bonds. The summed E-state index contributed by atoms with van der Waals surface area (Å²) in [5, 5.41) is 12.0. The Kier molecular flexibility index (Phi) is 4.54. The Balaban J connectivity index is 2.40. The number of rotatable bonds is 4. The van der Waals surface area contributed by atoms with Gasteiger partial charge in [0.05, 0.1) is 31.3 Å². The van der Waals surface area contributed by atoms with Gasteiger partial charge in [-0.3, -0.25) is 4.79 Å². The summed E-state index contributed by atoms with van der Waals surface area (Å²) in [6, 6.07) is -0.145. The van der Waals surface area contributed by atoms with Gasteiger partial charge in [-0.1, -0.05) is 13.8 Å². The van der Waals surface area contributed by atoms with E-state index >= 15 is 0 Å². The molecule has 0 aromatic carbocycles. The Hall–Kier alpha value is -0.610. The van der Waals surface area contributed by atoms with E-state index < -0.39 is 0 Å². The predicted octanol–water partition coefficient (Wildman–Crippen LogP) is 0.544. The monoisotopic (exact) mass is 215 g/mol. The highest BCUT2D eigenvalue weighted by molar-refractivity contribution is 5.79. The highest BCUT2D eigenvalue weighted by Crippen LogP contribution is 2.19. The molecule has 0 aromatic rings. The SMILES string of the molecule is CC1CC(C(=O)NC(CO)C(C)C)CO1. The van der Waals surface area contributed by atoms with Gasteiger partial charge < -0.3 is 15.2 Å². The molecule has 0 bridgehead atoms. The van der Waals surface area contributed by atoms with Crippen molar-refractivity contribution in [3.05, 3.63) is 0 Å². The van der Waals surface area contributed by atoms with Crippen LogP contribution < -0.4 is 5.32 Å². The topological polar surface area (TPSA) is 58.6 Å². The third kappa shape index (κ3) is 3.47. The molecule has 2 N–H and O–H groups in total. The minimum atomic E-state index is -0.145. The van der Waals surface area contributed by atoms with Crippen LogP contribution in [0.15, 0.2) is 0 Å². The molecule has 4 nitrogen and oxygen atoms in total. The molecule has 3 unspecified atom stereocenters. The number of aliphatic hydroxyl groups is 1. The smallest absolute Gasteiger partial charge is 0.225 e. The molecule has 0 spiro atoms. The normalized spacial score (nSPS) is 28.1. The van der Waals surface area contributed by atoms with Gasteiger partial charge in [0.15, 0.2) is 0 Å². The minimum absolute atomic E-state index is 0.00657. The lowest BCUT2D eigenvalue weighted by Crippen LogP contribution is -2.44. The Morgan fingerprint density at radius 3 is 2.67 bits per heavy atom. The number of hydrogen-bond donors (Lipinski definition) is 2. The second-order valence-electron chi connectivity index (χ2n) is 4.62. The molecule has 0 aromatic heterocycles.